The van der Waals surface area contributed by atoms with Gasteiger partial charge < -0.3 is 5.11 Å². The lowest BCUT2D eigenvalue weighted by Gasteiger charge is -2.14. The molecule has 0 fully saturated rings. The molecular formula is C15H17BrOS. The third kappa shape index (κ3) is 3.94. The van der Waals surface area contributed by atoms with Gasteiger partial charge in [-0.2, -0.15) is 11.3 Å². The van der Waals surface area contributed by atoms with Gasteiger partial charge >= 0.3 is 0 Å². The summed E-state index contributed by atoms with van der Waals surface area (Å²) in [5.74, 6) is 0.337. The maximum Gasteiger partial charge on any atom is 0.0462 e. The topological polar surface area (TPSA) is 20.2 Å². The highest BCUT2D eigenvalue weighted by atomic mass is 79.9. The van der Waals surface area contributed by atoms with Crippen LogP contribution in [0.25, 0.3) is 0 Å². The van der Waals surface area contributed by atoms with E-state index >= 15 is 0 Å². The highest BCUT2D eigenvalue weighted by molar-refractivity contribution is 9.10. The second-order valence-electron chi connectivity index (χ2n) is 4.51. The number of rotatable bonds is 6. The third-order valence-electron chi connectivity index (χ3n) is 3.15. The van der Waals surface area contributed by atoms with Crippen LogP contribution in [0.2, 0.25) is 0 Å². The lowest BCUT2D eigenvalue weighted by molar-refractivity contribution is 0.218. The van der Waals surface area contributed by atoms with Crippen LogP contribution in [0, 0.1) is 5.92 Å². The minimum absolute atomic E-state index is 0.255. The fourth-order valence-corrected chi connectivity index (χ4v) is 3.19. The Labute approximate surface area is 121 Å². The molecule has 0 aliphatic carbocycles. The first-order valence-electron chi connectivity index (χ1n) is 6.15. The Bertz CT molecular complexity index is 467. The molecule has 1 heterocycles. The Morgan fingerprint density at radius 1 is 1.22 bits per heavy atom. The number of hydrogen-bond acceptors (Lipinski definition) is 2. The highest BCUT2D eigenvalue weighted by Gasteiger charge is 2.10. The average molecular weight is 325 g/mol. The largest absolute Gasteiger partial charge is 0.396 e. The van der Waals surface area contributed by atoms with E-state index in [1.54, 1.807) is 11.3 Å². The lowest BCUT2D eigenvalue weighted by atomic mass is 9.94. The second-order valence-corrected chi connectivity index (χ2v) is 6.15. The van der Waals surface area contributed by atoms with Crippen LogP contribution >= 0.6 is 27.3 Å². The predicted molar refractivity (Wildman–Crippen MR) is 81.1 cm³/mol. The minimum atomic E-state index is 0.255. The second kappa shape index (κ2) is 7.07. The minimum Gasteiger partial charge on any atom is -0.396 e. The zero-order valence-corrected chi connectivity index (χ0v) is 12.6. The molecule has 3 heteroatoms. The van der Waals surface area contributed by atoms with E-state index in [4.69, 9.17) is 0 Å². The number of aliphatic hydroxyl groups is 1. The quantitative estimate of drug-likeness (QED) is 0.840. The van der Waals surface area contributed by atoms with Gasteiger partial charge in [-0.05, 0) is 59.2 Å². The summed E-state index contributed by atoms with van der Waals surface area (Å²) in [5.41, 5.74) is 2.66. The van der Waals surface area contributed by atoms with E-state index in [-0.39, 0.29) is 6.61 Å². The van der Waals surface area contributed by atoms with Gasteiger partial charge in [0.1, 0.15) is 0 Å². The summed E-state index contributed by atoms with van der Waals surface area (Å²) in [6, 6.07) is 10.4. The Morgan fingerprint density at radius 3 is 2.72 bits per heavy atom. The summed E-state index contributed by atoms with van der Waals surface area (Å²) in [7, 11) is 0. The molecule has 2 aromatic rings. The maximum absolute atomic E-state index is 9.49. The molecule has 0 saturated carbocycles. The molecule has 0 radical (unpaired) electrons. The van der Waals surface area contributed by atoms with E-state index in [1.165, 1.54) is 11.1 Å². The Kier molecular flexibility index (Phi) is 5.42. The van der Waals surface area contributed by atoms with Crippen LogP contribution < -0.4 is 0 Å². The Hall–Kier alpha value is -0.640. The number of aliphatic hydroxyl groups excluding tert-OH is 1. The van der Waals surface area contributed by atoms with E-state index in [0.29, 0.717) is 5.92 Å². The predicted octanol–water partition coefficient (Wildman–Crippen LogP) is 4.29. The summed E-state index contributed by atoms with van der Waals surface area (Å²) >= 11 is 5.30. The van der Waals surface area contributed by atoms with Crippen molar-refractivity contribution in [2.45, 2.75) is 19.3 Å². The maximum atomic E-state index is 9.49. The number of benzene rings is 1. The molecule has 0 spiro atoms. The molecule has 0 aliphatic heterocycles. The van der Waals surface area contributed by atoms with Crippen molar-refractivity contribution in [3.63, 3.8) is 0 Å². The van der Waals surface area contributed by atoms with Gasteiger partial charge in [-0.3, -0.25) is 0 Å². The molecule has 1 aromatic heterocycles. The molecule has 1 N–H and O–H groups in total. The van der Waals surface area contributed by atoms with Gasteiger partial charge in [0.2, 0.25) is 0 Å². The molecule has 1 aromatic carbocycles. The lowest BCUT2D eigenvalue weighted by Crippen LogP contribution is -2.11. The molecule has 2 rings (SSSR count). The number of thiophene rings is 1. The van der Waals surface area contributed by atoms with Gasteiger partial charge in [0, 0.05) is 11.1 Å². The van der Waals surface area contributed by atoms with Crippen LogP contribution in [0.15, 0.2) is 45.6 Å². The zero-order valence-electron chi connectivity index (χ0n) is 10.2. The van der Waals surface area contributed by atoms with E-state index in [0.717, 1.165) is 23.7 Å². The van der Waals surface area contributed by atoms with Crippen molar-refractivity contribution >= 4 is 27.3 Å². The SMILES string of the molecule is OCC(CCc1ccsc1)Cc1ccccc1Br. The van der Waals surface area contributed by atoms with Gasteiger partial charge in [-0.25, -0.2) is 0 Å². The van der Waals surface area contributed by atoms with Crippen molar-refractivity contribution in [2.24, 2.45) is 5.92 Å². The van der Waals surface area contributed by atoms with Crippen LogP contribution in [-0.4, -0.2) is 11.7 Å². The standard InChI is InChI=1S/C15H17BrOS/c16-15-4-2-1-3-14(15)9-13(10-17)6-5-12-7-8-18-11-12/h1-4,7-8,11,13,17H,5-6,9-10H2. The fourth-order valence-electron chi connectivity index (χ4n) is 2.04. The number of aryl methyl sites for hydroxylation is 1. The van der Waals surface area contributed by atoms with Crippen LogP contribution in [-0.2, 0) is 12.8 Å². The van der Waals surface area contributed by atoms with Gasteiger partial charge in [0.05, 0.1) is 0 Å². The third-order valence-corrected chi connectivity index (χ3v) is 4.65. The molecule has 0 aliphatic rings. The number of hydrogen-bond donors (Lipinski definition) is 1. The summed E-state index contributed by atoms with van der Waals surface area (Å²) < 4.78 is 1.14. The molecule has 1 atom stereocenters. The Morgan fingerprint density at radius 2 is 2.06 bits per heavy atom. The molecule has 0 amide bonds. The summed E-state index contributed by atoms with van der Waals surface area (Å²) in [4.78, 5) is 0. The van der Waals surface area contributed by atoms with Crippen LogP contribution in [0.1, 0.15) is 17.5 Å². The van der Waals surface area contributed by atoms with Crippen molar-refractivity contribution in [2.75, 3.05) is 6.61 Å². The normalized spacial score (nSPS) is 12.6. The van der Waals surface area contributed by atoms with Gasteiger partial charge in [-0.15, -0.1) is 0 Å². The fraction of sp³-hybridized carbons (Fsp3) is 0.333. The van der Waals surface area contributed by atoms with Crippen LogP contribution in [0.5, 0.6) is 0 Å². The van der Waals surface area contributed by atoms with E-state index in [2.05, 4.69) is 44.9 Å². The Balaban J connectivity index is 1.91. The van der Waals surface area contributed by atoms with Crippen molar-refractivity contribution in [1.29, 1.82) is 0 Å². The van der Waals surface area contributed by atoms with Crippen LogP contribution in [0.4, 0.5) is 0 Å². The first-order valence-corrected chi connectivity index (χ1v) is 7.88. The summed E-state index contributed by atoms with van der Waals surface area (Å²) in [6.07, 6.45) is 3.02. The zero-order chi connectivity index (χ0) is 12.8. The smallest absolute Gasteiger partial charge is 0.0462 e. The first kappa shape index (κ1) is 13.8. The van der Waals surface area contributed by atoms with Crippen LogP contribution in [0.3, 0.4) is 0 Å². The summed E-state index contributed by atoms with van der Waals surface area (Å²) in [5, 5.41) is 13.8. The van der Waals surface area contributed by atoms with Gasteiger partial charge in [0.25, 0.3) is 0 Å². The molecular weight excluding hydrogens is 308 g/mol. The highest BCUT2D eigenvalue weighted by Crippen LogP contribution is 2.22. The molecule has 1 unspecified atom stereocenters. The molecule has 96 valence electrons. The van der Waals surface area contributed by atoms with Crippen molar-refractivity contribution < 1.29 is 5.11 Å². The average Bonchev–Trinajstić information content (AvgIpc) is 2.90. The molecule has 18 heavy (non-hydrogen) atoms. The molecule has 1 nitrogen and oxygen atoms in total. The van der Waals surface area contributed by atoms with E-state index in [1.807, 2.05) is 12.1 Å². The number of halogens is 1. The molecule has 0 bridgehead atoms. The van der Waals surface area contributed by atoms with Gasteiger partial charge in [-0.1, -0.05) is 34.1 Å². The van der Waals surface area contributed by atoms with E-state index in [9.17, 15) is 5.11 Å². The van der Waals surface area contributed by atoms with Gasteiger partial charge in [0.15, 0.2) is 0 Å². The summed E-state index contributed by atoms with van der Waals surface area (Å²) in [6.45, 7) is 0.255. The van der Waals surface area contributed by atoms with Crippen molar-refractivity contribution in [1.82, 2.24) is 0 Å². The van der Waals surface area contributed by atoms with E-state index < -0.39 is 0 Å². The monoisotopic (exact) mass is 324 g/mol. The molecule has 0 saturated heterocycles. The van der Waals surface area contributed by atoms with Crippen molar-refractivity contribution in [3.8, 4) is 0 Å². The van der Waals surface area contributed by atoms with Crippen molar-refractivity contribution in [3.05, 3.63) is 56.7 Å². The first-order chi connectivity index (χ1) is 8.79.